The summed E-state index contributed by atoms with van der Waals surface area (Å²) in [5.41, 5.74) is 0.255. The predicted molar refractivity (Wildman–Crippen MR) is 55.5 cm³/mol. The molecule has 0 saturated heterocycles. The fourth-order valence-corrected chi connectivity index (χ4v) is 1.07. The summed E-state index contributed by atoms with van der Waals surface area (Å²) < 4.78 is 0. The smallest absolute Gasteiger partial charge is 0.160 e. The molecule has 0 spiro atoms. The molecule has 8 heteroatoms. The van der Waals surface area contributed by atoms with Crippen molar-refractivity contribution in [1.29, 1.82) is 0 Å². The van der Waals surface area contributed by atoms with Crippen molar-refractivity contribution in [2.75, 3.05) is 10.1 Å². The Balaban J connectivity index is 3.09. The van der Waals surface area contributed by atoms with Gasteiger partial charge in [-0.1, -0.05) is 22.4 Å². The molecule has 1 aromatic rings. The van der Waals surface area contributed by atoms with Crippen molar-refractivity contribution < 1.29 is 20.8 Å². The largest absolute Gasteiger partial charge is 0.410 e. The lowest BCUT2D eigenvalue weighted by Gasteiger charge is -2.18. The predicted octanol–water partition coefficient (Wildman–Crippen LogP) is 0.913. The highest BCUT2D eigenvalue weighted by molar-refractivity contribution is 5.88. The van der Waals surface area contributed by atoms with Crippen molar-refractivity contribution in [3.8, 4) is 0 Å². The van der Waals surface area contributed by atoms with E-state index in [0.29, 0.717) is 10.1 Å². The Bertz CT molecular complexity index is 358. The normalized spacial score (nSPS) is 11.1. The zero-order valence-corrected chi connectivity index (χ0v) is 8.04. The summed E-state index contributed by atoms with van der Waals surface area (Å²) in [6.07, 6.45) is 1.45. The second-order valence-corrected chi connectivity index (χ2v) is 2.64. The number of hydrogen-bond donors (Lipinski definition) is 4. The second kappa shape index (κ2) is 5.53. The molecule has 86 valence electrons. The molecule has 0 fully saturated rings. The molecule has 0 aliphatic carbocycles. The molecule has 0 bridgehead atoms. The Morgan fingerprint density at radius 3 is 1.56 bits per heavy atom. The highest BCUT2D eigenvalue weighted by Crippen LogP contribution is 2.25. The molecule has 0 saturated carbocycles. The first-order valence-corrected chi connectivity index (χ1v) is 4.11. The number of para-hydroxylation sites is 2. The number of oxime groups is 2. The Morgan fingerprint density at radius 1 is 0.875 bits per heavy atom. The van der Waals surface area contributed by atoms with Crippen molar-refractivity contribution in [2.24, 2.45) is 10.3 Å². The van der Waals surface area contributed by atoms with Crippen LogP contribution in [0.25, 0.3) is 0 Å². The molecule has 1 aromatic carbocycles. The van der Waals surface area contributed by atoms with E-state index in [9.17, 15) is 10.4 Å². The average Bonchev–Trinajstić information content (AvgIpc) is 2.30. The van der Waals surface area contributed by atoms with E-state index in [4.69, 9.17) is 10.4 Å². The fourth-order valence-electron chi connectivity index (χ4n) is 1.07. The van der Waals surface area contributed by atoms with E-state index in [1.54, 1.807) is 12.1 Å². The second-order valence-electron chi connectivity index (χ2n) is 2.64. The van der Waals surface area contributed by atoms with Gasteiger partial charge >= 0.3 is 0 Å². The van der Waals surface area contributed by atoms with Crippen LogP contribution in [-0.2, 0) is 0 Å². The first kappa shape index (κ1) is 11.8. The Morgan fingerprint density at radius 2 is 1.25 bits per heavy atom. The minimum atomic E-state index is 0.128. The monoisotopic (exact) mass is 226 g/mol. The lowest BCUT2D eigenvalue weighted by molar-refractivity contribution is 0.282. The van der Waals surface area contributed by atoms with Crippen molar-refractivity contribution in [2.45, 2.75) is 0 Å². The van der Waals surface area contributed by atoms with Gasteiger partial charge < -0.3 is 10.4 Å². The Hall–Kier alpha value is -2.32. The first-order valence-electron chi connectivity index (χ1n) is 4.11. The van der Waals surface area contributed by atoms with Crippen LogP contribution >= 0.6 is 0 Å². The summed E-state index contributed by atoms with van der Waals surface area (Å²) in [5, 5.41) is 41.5. The molecule has 16 heavy (non-hydrogen) atoms. The maximum absolute atomic E-state index is 9.40. The molecular weight excluding hydrogens is 216 g/mol. The van der Waals surface area contributed by atoms with Gasteiger partial charge in [-0.25, -0.2) is 10.1 Å². The molecule has 0 atom stereocenters. The SMILES string of the molecule is ON=CN(O)c1ccccc1N(O)C=NO. The zero-order valence-electron chi connectivity index (χ0n) is 8.04. The minimum absolute atomic E-state index is 0.128. The van der Waals surface area contributed by atoms with Crippen LogP contribution in [0.2, 0.25) is 0 Å². The van der Waals surface area contributed by atoms with Gasteiger partial charge in [0.25, 0.3) is 0 Å². The van der Waals surface area contributed by atoms with Crippen LogP contribution in [0.15, 0.2) is 34.6 Å². The molecule has 0 heterocycles. The third-order valence-corrected chi connectivity index (χ3v) is 1.70. The van der Waals surface area contributed by atoms with Crippen LogP contribution in [-0.4, -0.2) is 33.5 Å². The van der Waals surface area contributed by atoms with E-state index in [0.717, 1.165) is 12.7 Å². The number of rotatable bonds is 4. The van der Waals surface area contributed by atoms with Crippen LogP contribution in [0, 0.1) is 0 Å². The molecule has 0 amide bonds. The quantitative estimate of drug-likeness (QED) is 0.263. The molecule has 0 aliphatic heterocycles. The fraction of sp³-hybridized carbons (Fsp3) is 0. The van der Waals surface area contributed by atoms with Crippen molar-refractivity contribution in [1.82, 2.24) is 0 Å². The van der Waals surface area contributed by atoms with E-state index in [2.05, 4.69) is 10.3 Å². The lowest BCUT2D eigenvalue weighted by atomic mass is 10.2. The van der Waals surface area contributed by atoms with Gasteiger partial charge in [0, 0.05) is 0 Å². The van der Waals surface area contributed by atoms with Crippen LogP contribution in [0.5, 0.6) is 0 Å². The maximum atomic E-state index is 9.40. The Kier molecular flexibility index (Phi) is 4.07. The third-order valence-electron chi connectivity index (χ3n) is 1.70. The number of hydrogen-bond acceptors (Lipinski definition) is 6. The Labute approximate surface area is 90.5 Å². The van der Waals surface area contributed by atoms with Crippen LogP contribution in [0.4, 0.5) is 11.4 Å². The summed E-state index contributed by atoms with van der Waals surface area (Å²) in [6, 6.07) is 6.09. The van der Waals surface area contributed by atoms with Gasteiger partial charge in [-0.2, -0.15) is 0 Å². The summed E-state index contributed by atoms with van der Waals surface area (Å²) in [4.78, 5) is 0. The van der Waals surface area contributed by atoms with E-state index < -0.39 is 0 Å². The topological polar surface area (TPSA) is 112 Å². The van der Waals surface area contributed by atoms with Crippen molar-refractivity contribution >= 4 is 24.1 Å². The van der Waals surface area contributed by atoms with Gasteiger partial charge in [-0.05, 0) is 12.1 Å². The molecule has 4 N–H and O–H groups in total. The highest BCUT2D eigenvalue weighted by atomic mass is 16.5. The standard InChI is InChI=1S/C8H10N4O4/c13-9-5-11(15)7-3-1-2-4-8(7)12(16)6-10-14/h1-6,13-16H. The van der Waals surface area contributed by atoms with Crippen LogP contribution in [0.3, 0.4) is 0 Å². The van der Waals surface area contributed by atoms with Crippen molar-refractivity contribution in [3.05, 3.63) is 24.3 Å². The number of hydroxylamine groups is 2. The first-order chi connectivity index (χ1) is 7.70. The molecule has 0 radical (unpaired) electrons. The van der Waals surface area contributed by atoms with Crippen LogP contribution in [0.1, 0.15) is 0 Å². The van der Waals surface area contributed by atoms with E-state index >= 15 is 0 Å². The molecule has 0 aliphatic rings. The van der Waals surface area contributed by atoms with Gasteiger partial charge in [0.2, 0.25) is 0 Å². The average molecular weight is 226 g/mol. The molecule has 8 nitrogen and oxygen atoms in total. The lowest BCUT2D eigenvalue weighted by Crippen LogP contribution is -2.22. The summed E-state index contributed by atoms with van der Waals surface area (Å²) in [7, 11) is 0. The zero-order chi connectivity index (χ0) is 12.0. The highest BCUT2D eigenvalue weighted by Gasteiger charge is 2.11. The maximum Gasteiger partial charge on any atom is 0.160 e. The van der Waals surface area contributed by atoms with Gasteiger partial charge in [0.05, 0.1) is 11.4 Å². The van der Waals surface area contributed by atoms with E-state index in [-0.39, 0.29) is 11.4 Å². The van der Waals surface area contributed by atoms with Crippen molar-refractivity contribution in [3.63, 3.8) is 0 Å². The molecule has 0 unspecified atom stereocenters. The van der Waals surface area contributed by atoms with Gasteiger partial charge in [-0.3, -0.25) is 10.4 Å². The summed E-state index contributed by atoms with van der Waals surface area (Å²) >= 11 is 0. The van der Waals surface area contributed by atoms with Gasteiger partial charge in [0.15, 0.2) is 12.7 Å². The van der Waals surface area contributed by atoms with E-state index in [1.807, 2.05) is 0 Å². The van der Waals surface area contributed by atoms with Gasteiger partial charge in [-0.15, -0.1) is 0 Å². The third kappa shape index (κ3) is 2.59. The van der Waals surface area contributed by atoms with E-state index in [1.165, 1.54) is 12.1 Å². The number of benzene rings is 1. The number of anilines is 2. The minimum Gasteiger partial charge on any atom is -0.410 e. The summed E-state index contributed by atoms with van der Waals surface area (Å²) in [6.45, 7) is 0. The van der Waals surface area contributed by atoms with Gasteiger partial charge in [0.1, 0.15) is 0 Å². The molecule has 0 aromatic heterocycles. The van der Waals surface area contributed by atoms with Crippen LogP contribution < -0.4 is 10.1 Å². The molecular formula is C8H10N4O4. The summed E-state index contributed by atoms with van der Waals surface area (Å²) in [5.74, 6) is 0. The molecule has 1 rings (SSSR count). The number of nitrogens with zero attached hydrogens (tertiary/aromatic N) is 4.